The Morgan fingerprint density at radius 1 is 1.31 bits per heavy atom. The van der Waals surface area contributed by atoms with Crippen molar-refractivity contribution < 1.29 is 42.0 Å². The van der Waals surface area contributed by atoms with Gasteiger partial charge in [0.2, 0.25) is 15.3 Å². The lowest BCUT2D eigenvalue weighted by atomic mass is 10.1. The number of halogens is 1. The molecule has 3 unspecified atom stereocenters. The molecule has 0 fully saturated rings. The van der Waals surface area contributed by atoms with Crippen LogP contribution in [0.3, 0.4) is 0 Å². The summed E-state index contributed by atoms with van der Waals surface area (Å²) < 4.78 is 46.6. The molecule has 0 saturated carbocycles. The number of methoxy groups -OCH3 is 1. The van der Waals surface area contributed by atoms with Crippen molar-refractivity contribution >= 4 is 34.4 Å². The minimum absolute atomic E-state index is 0.0577. The number of benzene rings is 1. The number of ether oxygens (including phenoxy) is 2. The van der Waals surface area contributed by atoms with Crippen LogP contribution in [-0.2, 0) is 33.4 Å². The highest BCUT2D eigenvalue weighted by molar-refractivity contribution is 9.10. The molecule has 0 bridgehead atoms. The molecule has 1 heterocycles. The van der Waals surface area contributed by atoms with E-state index in [-0.39, 0.29) is 17.3 Å². The molecular weight excluding hydrogens is 455 g/mol. The molecule has 1 aliphatic rings. The molecule has 9 nitrogen and oxygen atoms in total. The third-order valence-corrected chi connectivity index (χ3v) is 6.41. The van der Waals surface area contributed by atoms with Gasteiger partial charge in [0.15, 0.2) is 17.1 Å². The largest absolute Gasteiger partial charge is 0.505 e. The van der Waals surface area contributed by atoms with Gasteiger partial charge in [0.05, 0.1) is 18.6 Å². The summed E-state index contributed by atoms with van der Waals surface area (Å²) in [6, 6.07) is 5.84. The molecule has 0 aromatic heterocycles. The second-order valence-corrected chi connectivity index (χ2v) is 9.11. The van der Waals surface area contributed by atoms with E-state index in [4.69, 9.17) is 14.0 Å². The van der Waals surface area contributed by atoms with E-state index in [0.717, 1.165) is 7.11 Å². The molecule has 12 heteroatoms. The summed E-state index contributed by atoms with van der Waals surface area (Å²) in [6.45, 7) is 1.31. The van der Waals surface area contributed by atoms with Crippen LogP contribution in [0.1, 0.15) is 6.92 Å². The average Bonchev–Trinajstić information content (AvgIpc) is 2.81. The first-order chi connectivity index (χ1) is 12.2. The van der Waals surface area contributed by atoms with Crippen molar-refractivity contribution in [2.75, 3.05) is 20.8 Å². The lowest BCUT2D eigenvalue weighted by molar-refractivity contribution is -0.187. The Morgan fingerprint density at radius 3 is 2.46 bits per heavy atom. The van der Waals surface area contributed by atoms with Crippen molar-refractivity contribution in [3.05, 3.63) is 40.3 Å². The molecule has 0 amide bonds. The van der Waals surface area contributed by atoms with E-state index in [9.17, 15) is 18.4 Å². The molecule has 3 atom stereocenters. The SMILES string of the molecule is COCC1(C)OC(S(=O)(=O)c2ccc(Br)cc2)C(O)=C1OP(O)OOC. The van der Waals surface area contributed by atoms with E-state index >= 15 is 0 Å². The molecule has 2 N–H and O–H groups in total. The van der Waals surface area contributed by atoms with Gasteiger partial charge in [-0.25, -0.2) is 13.3 Å². The van der Waals surface area contributed by atoms with Crippen molar-refractivity contribution in [1.82, 2.24) is 0 Å². The normalized spacial score (nSPS) is 24.7. The molecule has 0 aliphatic carbocycles. The Hall–Kier alpha value is -0.780. The summed E-state index contributed by atoms with van der Waals surface area (Å²) in [5.41, 5.74) is -3.20. The van der Waals surface area contributed by atoms with Gasteiger partial charge < -0.3 is 24.0 Å². The standard InChI is InChI=1S/C14H18BrO9PS/c1-14(8-20-2)12(23-25(17)24-21-3)11(16)13(22-14)26(18,19)10-6-4-9(15)5-7-10/h4-7,13,16-17H,8H2,1-3H3. The van der Waals surface area contributed by atoms with Gasteiger partial charge in [-0.3, -0.25) is 0 Å². The fourth-order valence-corrected chi connectivity index (χ4v) is 4.72. The van der Waals surface area contributed by atoms with Gasteiger partial charge in [-0.05, 0) is 31.2 Å². The lowest BCUT2D eigenvalue weighted by Gasteiger charge is -2.26. The highest BCUT2D eigenvalue weighted by Gasteiger charge is 2.52. The maximum atomic E-state index is 12.9. The van der Waals surface area contributed by atoms with Gasteiger partial charge in [-0.2, -0.15) is 0 Å². The molecule has 1 aliphatic heterocycles. The fourth-order valence-electron chi connectivity index (χ4n) is 2.36. The summed E-state index contributed by atoms with van der Waals surface area (Å²) >= 11 is 3.22. The Bertz CT molecular complexity index is 767. The minimum atomic E-state index is -4.11. The molecule has 1 aromatic rings. The van der Waals surface area contributed by atoms with Crippen LogP contribution in [0.15, 0.2) is 45.2 Å². The molecular formula is C14H18BrO9PS. The fraction of sp³-hybridized carbons (Fsp3) is 0.429. The van der Waals surface area contributed by atoms with Gasteiger partial charge in [-0.1, -0.05) is 15.9 Å². The first-order valence-electron chi connectivity index (χ1n) is 7.13. The number of aliphatic hydroxyl groups excluding tert-OH is 1. The number of aliphatic hydroxyl groups is 1. The molecule has 26 heavy (non-hydrogen) atoms. The van der Waals surface area contributed by atoms with E-state index in [2.05, 4.69) is 25.5 Å². The predicted molar refractivity (Wildman–Crippen MR) is 94.5 cm³/mol. The van der Waals surface area contributed by atoms with Crippen LogP contribution in [-0.4, -0.2) is 50.3 Å². The summed E-state index contributed by atoms with van der Waals surface area (Å²) in [4.78, 5) is 13.9. The lowest BCUT2D eigenvalue weighted by Crippen LogP contribution is -2.36. The molecule has 1 aromatic carbocycles. The third-order valence-electron chi connectivity index (χ3n) is 3.45. The smallest absolute Gasteiger partial charge is 0.424 e. The number of sulfone groups is 1. The van der Waals surface area contributed by atoms with Gasteiger partial charge in [-0.15, -0.1) is 4.67 Å². The van der Waals surface area contributed by atoms with Crippen LogP contribution < -0.4 is 0 Å². The summed E-state index contributed by atoms with van der Waals surface area (Å²) in [5.74, 6) is -1.01. The van der Waals surface area contributed by atoms with E-state index in [0.29, 0.717) is 4.47 Å². The van der Waals surface area contributed by atoms with E-state index < -0.39 is 35.2 Å². The Balaban J connectivity index is 2.43. The Morgan fingerprint density at radius 2 is 1.92 bits per heavy atom. The highest BCUT2D eigenvalue weighted by atomic mass is 79.9. The second-order valence-electron chi connectivity index (χ2n) is 5.40. The summed E-state index contributed by atoms with van der Waals surface area (Å²) in [6.07, 6.45) is 0. The van der Waals surface area contributed by atoms with Crippen molar-refractivity contribution in [2.24, 2.45) is 0 Å². The molecule has 0 saturated heterocycles. The van der Waals surface area contributed by atoms with Crippen LogP contribution in [0.2, 0.25) is 0 Å². The number of rotatable bonds is 8. The summed E-state index contributed by atoms with van der Waals surface area (Å²) in [7, 11) is -4.16. The first kappa shape index (κ1) is 21.5. The zero-order chi connectivity index (χ0) is 19.5. The zero-order valence-corrected chi connectivity index (χ0v) is 17.4. The van der Waals surface area contributed by atoms with Crippen molar-refractivity contribution in [2.45, 2.75) is 22.9 Å². The average molecular weight is 473 g/mol. The van der Waals surface area contributed by atoms with Crippen LogP contribution in [0, 0.1) is 0 Å². The Labute approximate surface area is 160 Å². The molecule has 0 spiro atoms. The van der Waals surface area contributed by atoms with Crippen molar-refractivity contribution in [3.63, 3.8) is 0 Å². The molecule has 0 radical (unpaired) electrons. The first-order valence-corrected chi connectivity index (χ1v) is 10.6. The quantitative estimate of drug-likeness (QED) is 0.333. The summed E-state index contributed by atoms with van der Waals surface area (Å²) in [5, 5.41) is 10.5. The number of hydrogen-bond donors (Lipinski definition) is 2. The molecule has 2 rings (SSSR count). The molecule has 146 valence electrons. The minimum Gasteiger partial charge on any atom is -0.505 e. The van der Waals surface area contributed by atoms with Crippen LogP contribution in [0.4, 0.5) is 0 Å². The topological polar surface area (TPSA) is 121 Å². The second kappa shape index (κ2) is 8.49. The van der Waals surface area contributed by atoms with Crippen LogP contribution >= 0.6 is 24.5 Å². The highest BCUT2D eigenvalue weighted by Crippen LogP contribution is 2.47. The van der Waals surface area contributed by atoms with Gasteiger partial charge in [0.1, 0.15) is 0 Å². The van der Waals surface area contributed by atoms with Gasteiger partial charge in [0.25, 0.3) is 0 Å². The van der Waals surface area contributed by atoms with E-state index in [1.54, 1.807) is 12.1 Å². The number of hydrogen-bond acceptors (Lipinski definition) is 9. The predicted octanol–water partition coefficient (Wildman–Crippen LogP) is 2.57. The van der Waals surface area contributed by atoms with Crippen LogP contribution in [0.5, 0.6) is 0 Å². The van der Waals surface area contributed by atoms with Crippen molar-refractivity contribution in [1.29, 1.82) is 0 Å². The maximum Gasteiger partial charge on any atom is 0.424 e. The monoisotopic (exact) mass is 472 g/mol. The Kier molecular flexibility index (Phi) is 7.03. The van der Waals surface area contributed by atoms with Crippen LogP contribution in [0.25, 0.3) is 0 Å². The van der Waals surface area contributed by atoms with E-state index in [1.807, 2.05) is 0 Å². The maximum absolute atomic E-state index is 12.9. The third kappa shape index (κ3) is 4.37. The van der Waals surface area contributed by atoms with E-state index in [1.165, 1.54) is 26.2 Å². The van der Waals surface area contributed by atoms with Gasteiger partial charge >= 0.3 is 8.60 Å². The van der Waals surface area contributed by atoms with Gasteiger partial charge in [0, 0.05) is 11.6 Å². The van der Waals surface area contributed by atoms with Crippen molar-refractivity contribution in [3.8, 4) is 0 Å². The zero-order valence-electron chi connectivity index (χ0n) is 14.1.